The molecule has 1 aromatic carbocycles. The van der Waals surface area contributed by atoms with Gasteiger partial charge in [-0.3, -0.25) is 0 Å². The molecule has 1 aromatic rings. The smallest absolute Gasteiger partial charge is 0.318 e. The molecular weight excluding hydrogens is 260 g/mol. The zero-order chi connectivity index (χ0) is 15.1. The van der Waals surface area contributed by atoms with Gasteiger partial charge in [0.05, 0.1) is 6.04 Å². The zero-order valence-electron chi connectivity index (χ0n) is 13.3. The van der Waals surface area contributed by atoms with Crippen LogP contribution in [-0.2, 0) is 0 Å². The van der Waals surface area contributed by atoms with Gasteiger partial charge in [-0.1, -0.05) is 50.6 Å². The number of hydrogen-bond acceptors (Lipinski definition) is 1. The molecule has 2 unspecified atom stereocenters. The fourth-order valence-electron chi connectivity index (χ4n) is 3.22. The quantitative estimate of drug-likeness (QED) is 0.850. The Morgan fingerprint density at radius 3 is 2.71 bits per heavy atom. The average Bonchev–Trinajstić information content (AvgIpc) is 2.55. The van der Waals surface area contributed by atoms with Gasteiger partial charge in [-0.2, -0.15) is 0 Å². The van der Waals surface area contributed by atoms with Crippen LogP contribution in [0.2, 0.25) is 0 Å². The van der Waals surface area contributed by atoms with Gasteiger partial charge in [0, 0.05) is 12.6 Å². The minimum absolute atomic E-state index is 0.115. The molecule has 1 aliphatic rings. The largest absolute Gasteiger partial charge is 0.331 e. The van der Waals surface area contributed by atoms with E-state index in [1.165, 1.54) is 12.0 Å². The molecule has 1 fully saturated rings. The number of urea groups is 1. The number of hydrogen-bond donors (Lipinski definition) is 1. The summed E-state index contributed by atoms with van der Waals surface area (Å²) in [5.41, 5.74) is 1.21. The van der Waals surface area contributed by atoms with Crippen LogP contribution < -0.4 is 5.32 Å². The Hall–Kier alpha value is -1.51. The number of piperidine rings is 1. The number of carbonyl (C=O) groups excluding carboxylic acids is 1. The Labute approximate surface area is 128 Å². The Morgan fingerprint density at radius 2 is 2.05 bits per heavy atom. The van der Waals surface area contributed by atoms with Crippen molar-refractivity contribution >= 4 is 6.03 Å². The lowest BCUT2D eigenvalue weighted by Crippen LogP contribution is -2.49. The zero-order valence-corrected chi connectivity index (χ0v) is 13.3. The van der Waals surface area contributed by atoms with E-state index in [9.17, 15) is 4.79 Å². The Balaban J connectivity index is 2.04. The van der Waals surface area contributed by atoms with Crippen molar-refractivity contribution in [2.45, 2.75) is 64.5 Å². The van der Waals surface area contributed by atoms with E-state index in [4.69, 9.17) is 0 Å². The van der Waals surface area contributed by atoms with Crippen molar-refractivity contribution in [3.05, 3.63) is 35.9 Å². The first-order chi connectivity index (χ1) is 10.3. The first-order valence-electron chi connectivity index (χ1n) is 8.38. The molecule has 1 aliphatic heterocycles. The SMILES string of the molecule is CCCC(NC(=O)N1CCCCC1CC)c1ccccc1. The lowest BCUT2D eigenvalue weighted by Gasteiger charge is -2.36. The standard InChI is InChI=1S/C18H28N2O/c1-3-10-17(15-11-6-5-7-12-15)19-18(21)20-14-9-8-13-16(20)4-2/h5-7,11-12,16-17H,3-4,8-10,13-14H2,1-2H3,(H,19,21). The van der Waals surface area contributed by atoms with Crippen LogP contribution in [0.4, 0.5) is 4.79 Å². The second kappa shape index (κ2) is 8.06. The van der Waals surface area contributed by atoms with Gasteiger partial charge < -0.3 is 10.2 Å². The molecule has 0 aliphatic carbocycles. The normalized spacial score (nSPS) is 20.1. The van der Waals surface area contributed by atoms with E-state index in [1.54, 1.807) is 0 Å². The third kappa shape index (κ3) is 4.23. The highest BCUT2D eigenvalue weighted by Crippen LogP contribution is 2.22. The van der Waals surface area contributed by atoms with E-state index < -0.39 is 0 Å². The predicted octanol–water partition coefficient (Wildman–Crippen LogP) is 4.50. The molecule has 2 atom stereocenters. The Morgan fingerprint density at radius 1 is 1.29 bits per heavy atom. The number of likely N-dealkylation sites (tertiary alicyclic amines) is 1. The molecule has 0 aromatic heterocycles. The van der Waals surface area contributed by atoms with E-state index in [0.29, 0.717) is 6.04 Å². The molecule has 1 heterocycles. The molecule has 116 valence electrons. The maximum atomic E-state index is 12.6. The van der Waals surface area contributed by atoms with Gasteiger partial charge >= 0.3 is 6.03 Å². The molecule has 1 N–H and O–H groups in total. The van der Waals surface area contributed by atoms with Gasteiger partial charge in [0.25, 0.3) is 0 Å². The van der Waals surface area contributed by atoms with Crippen molar-refractivity contribution in [3.8, 4) is 0 Å². The number of amides is 2. The second-order valence-corrected chi connectivity index (χ2v) is 5.95. The molecule has 2 rings (SSSR count). The van der Waals surface area contributed by atoms with E-state index in [2.05, 4.69) is 36.2 Å². The molecular formula is C18H28N2O. The maximum absolute atomic E-state index is 12.6. The van der Waals surface area contributed by atoms with Crippen molar-refractivity contribution in [2.24, 2.45) is 0 Å². The van der Waals surface area contributed by atoms with Crippen molar-refractivity contribution in [2.75, 3.05) is 6.54 Å². The fraction of sp³-hybridized carbons (Fsp3) is 0.611. The minimum atomic E-state index is 0.115. The summed E-state index contributed by atoms with van der Waals surface area (Å²) in [6.07, 6.45) is 6.63. The molecule has 0 radical (unpaired) electrons. The Bertz CT molecular complexity index is 432. The van der Waals surface area contributed by atoms with Gasteiger partial charge in [-0.05, 0) is 37.7 Å². The van der Waals surface area contributed by atoms with Crippen LogP contribution in [0.5, 0.6) is 0 Å². The first kappa shape index (κ1) is 15.9. The highest BCUT2D eigenvalue weighted by Gasteiger charge is 2.26. The summed E-state index contributed by atoms with van der Waals surface area (Å²) in [6.45, 7) is 5.24. The van der Waals surface area contributed by atoms with E-state index in [1.807, 2.05) is 18.2 Å². The summed E-state index contributed by atoms with van der Waals surface area (Å²) in [5, 5.41) is 3.26. The fourth-order valence-corrected chi connectivity index (χ4v) is 3.22. The minimum Gasteiger partial charge on any atom is -0.331 e. The van der Waals surface area contributed by atoms with E-state index in [-0.39, 0.29) is 12.1 Å². The molecule has 2 amide bonds. The predicted molar refractivity (Wildman–Crippen MR) is 87.3 cm³/mol. The van der Waals surface area contributed by atoms with Crippen molar-refractivity contribution in [1.29, 1.82) is 0 Å². The molecule has 0 saturated carbocycles. The summed E-state index contributed by atoms with van der Waals surface area (Å²) in [4.78, 5) is 14.7. The third-order valence-electron chi connectivity index (χ3n) is 4.44. The summed E-state index contributed by atoms with van der Waals surface area (Å²) in [5.74, 6) is 0. The lowest BCUT2D eigenvalue weighted by atomic mass is 10.00. The van der Waals surface area contributed by atoms with Crippen LogP contribution >= 0.6 is 0 Å². The summed E-state index contributed by atoms with van der Waals surface area (Å²) in [7, 11) is 0. The number of rotatable bonds is 5. The van der Waals surface area contributed by atoms with Gasteiger partial charge in [0.2, 0.25) is 0 Å². The van der Waals surface area contributed by atoms with Gasteiger partial charge in [0.15, 0.2) is 0 Å². The number of nitrogens with one attached hydrogen (secondary N) is 1. The number of benzene rings is 1. The number of carbonyl (C=O) groups is 1. The van der Waals surface area contributed by atoms with Crippen molar-refractivity contribution < 1.29 is 4.79 Å². The van der Waals surface area contributed by atoms with Crippen LogP contribution in [0.1, 0.15) is 64.0 Å². The van der Waals surface area contributed by atoms with Crippen molar-refractivity contribution in [1.82, 2.24) is 10.2 Å². The average molecular weight is 288 g/mol. The van der Waals surface area contributed by atoms with Gasteiger partial charge in [-0.25, -0.2) is 4.79 Å². The second-order valence-electron chi connectivity index (χ2n) is 5.95. The molecule has 1 saturated heterocycles. The van der Waals surface area contributed by atoms with Crippen molar-refractivity contribution in [3.63, 3.8) is 0 Å². The third-order valence-corrected chi connectivity index (χ3v) is 4.44. The van der Waals surface area contributed by atoms with Crippen LogP contribution in [0.25, 0.3) is 0 Å². The Kier molecular flexibility index (Phi) is 6.09. The van der Waals surface area contributed by atoms with E-state index in [0.717, 1.165) is 38.6 Å². The maximum Gasteiger partial charge on any atom is 0.318 e. The van der Waals surface area contributed by atoms with Crippen LogP contribution in [0, 0.1) is 0 Å². The topological polar surface area (TPSA) is 32.3 Å². The summed E-state index contributed by atoms with van der Waals surface area (Å²) in [6, 6.07) is 11.0. The molecule has 3 nitrogen and oxygen atoms in total. The monoisotopic (exact) mass is 288 g/mol. The highest BCUT2D eigenvalue weighted by molar-refractivity contribution is 5.75. The molecule has 0 bridgehead atoms. The molecule has 21 heavy (non-hydrogen) atoms. The van der Waals surface area contributed by atoms with Crippen LogP contribution in [0.3, 0.4) is 0 Å². The van der Waals surface area contributed by atoms with Gasteiger partial charge in [-0.15, -0.1) is 0 Å². The first-order valence-corrected chi connectivity index (χ1v) is 8.38. The summed E-state index contributed by atoms with van der Waals surface area (Å²) >= 11 is 0. The number of nitrogens with zero attached hydrogens (tertiary/aromatic N) is 1. The summed E-state index contributed by atoms with van der Waals surface area (Å²) < 4.78 is 0. The molecule has 3 heteroatoms. The molecule has 0 spiro atoms. The van der Waals surface area contributed by atoms with E-state index >= 15 is 0 Å². The van der Waals surface area contributed by atoms with Gasteiger partial charge in [0.1, 0.15) is 0 Å². The van der Waals surface area contributed by atoms with Crippen LogP contribution in [0.15, 0.2) is 30.3 Å². The highest BCUT2D eigenvalue weighted by atomic mass is 16.2. The lowest BCUT2D eigenvalue weighted by molar-refractivity contribution is 0.145. The van der Waals surface area contributed by atoms with Crippen LogP contribution in [-0.4, -0.2) is 23.5 Å².